The maximum Gasteiger partial charge on any atom is 0.317 e. The zero-order chi connectivity index (χ0) is 9.84. The second-order valence-electron chi connectivity index (χ2n) is 3.79. The molecule has 0 N–H and O–H groups in total. The normalized spacial score (nSPS) is 22.5. The van der Waals surface area contributed by atoms with Crippen molar-refractivity contribution in [3.63, 3.8) is 0 Å². The summed E-state index contributed by atoms with van der Waals surface area (Å²) in [5.74, 6) is -0.812. The van der Waals surface area contributed by atoms with Gasteiger partial charge in [-0.3, -0.25) is 9.59 Å². The molecule has 13 heavy (non-hydrogen) atoms. The summed E-state index contributed by atoms with van der Waals surface area (Å²) < 4.78 is 4.46. The van der Waals surface area contributed by atoms with E-state index in [1.165, 1.54) is 6.04 Å². The van der Waals surface area contributed by atoms with Crippen molar-refractivity contribution >= 4 is 20.7 Å². The highest BCUT2D eigenvalue weighted by Crippen LogP contribution is 2.22. The third kappa shape index (κ3) is 3.30. The van der Waals surface area contributed by atoms with Gasteiger partial charge < -0.3 is 4.74 Å². The van der Waals surface area contributed by atoms with Crippen LogP contribution in [0, 0.1) is 5.92 Å². The SMILES string of the molecule is C[Si](C)CCCC1CC(=O)OC1=O. The van der Waals surface area contributed by atoms with Gasteiger partial charge in [0.05, 0.1) is 12.3 Å². The minimum atomic E-state index is -0.353. The predicted molar refractivity (Wildman–Crippen MR) is 50.7 cm³/mol. The first-order chi connectivity index (χ1) is 6.09. The van der Waals surface area contributed by atoms with E-state index in [0.717, 1.165) is 12.8 Å². The standard InChI is InChI=1S/C9H15O3Si/c1-13(2)5-3-4-7-6-8(10)12-9(7)11/h7H,3-6H2,1-2H3. The van der Waals surface area contributed by atoms with E-state index in [1.807, 2.05) is 0 Å². The van der Waals surface area contributed by atoms with Gasteiger partial charge in [-0.2, -0.15) is 0 Å². The lowest BCUT2D eigenvalue weighted by Gasteiger charge is -2.04. The molecule has 0 aliphatic carbocycles. The van der Waals surface area contributed by atoms with Gasteiger partial charge in [0, 0.05) is 8.80 Å². The molecule has 0 bridgehead atoms. The van der Waals surface area contributed by atoms with Crippen LogP contribution in [0.3, 0.4) is 0 Å². The van der Waals surface area contributed by atoms with Crippen molar-refractivity contribution in [2.24, 2.45) is 5.92 Å². The van der Waals surface area contributed by atoms with Gasteiger partial charge in [-0.1, -0.05) is 25.6 Å². The number of cyclic esters (lactones) is 2. The highest BCUT2D eigenvalue weighted by molar-refractivity contribution is 6.55. The third-order valence-electron chi connectivity index (χ3n) is 2.19. The first kappa shape index (κ1) is 10.4. The van der Waals surface area contributed by atoms with Crippen LogP contribution in [0.1, 0.15) is 19.3 Å². The monoisotopic (exact) mass is 199 g/mol. The average molecular weight is 199 g/mol. The summed E-state index contributed by atoms with van der Waals surface area (Å²) in [6, 6.07) is 1.21. The van der Waals surface area contributed by atoms with Crippen molar-refractivity contribution in [3.05, 3.63) is 0 Å². The quantitative estimate of drug-likeness (QED) is 0.392. The zero-order valence-electron chi connectivity index (χ0n) is 8.13. The van der Waals surface area contributed by atoms with Crippen LogP contribution in [0.25, 0.3) is 0 Å². The summed E-state index contributed by atoms with van der Waals surface area (Å²) in [7, 11) is -0.194. The number of ether oxygens (including phenoxy) is 1. The molecule has 1 radical (unpaired) electrons. The molecule has 1 unspecified atom stereocenters. The molecule has 0 saturated carbocycles. The van der Waals surface area contributed by atoms with Crippen LogP contribution in [0.2, 0.25) is 19.1 Å². The maximum absolute atomic E-state index is 11.0. The summed E-state index contributed by atoms with van der Waals surface area (Å²) >= 11 is 0. The van der Waals surface area contributed by atoms with Crippen molar-refractivity contribution in [2.75, 3.05) is 0 Å². The molecule has 3 nitrogen and oxygen atoms in total. The molecule has 1 heterocycles. The highest BCUT2D eigenvalue weighted by atomic mass is 28.3. The van der Waals surface area contributed by atoms with Crippen molar-refractivity contribution in [1.29, 1.82) is 0 Å². The molecule has 1 saturated heterocycles. The summed E-state index contributed by atoms with van der Waals surface area (Å²) in [4.78, 5) is 21.7. The summed E-state index contributed by atoms with van der Waals surface area (Å²) in [6.07, 6.45) is 2.17. The molecule has 4 heteroatoms. The topological polar surface area (TPSA) is 43.4 Å². The Morgan fingerprint density at radius 1 is 1.46 bits per heavy atom. The van der Waals surface area contributed by atoms with E-state index >= 15 is 0 Å². The molecule has 1 aliphatic rings. The molecule has 1 aliphatic heterocycles. The summed E-state index contributed by atoms with van der Waals surface area (Å²) in [6.45, 7) is 4.51. The van der Waals surface area contributed by atoms with E-state index in [4.69, 9.17) is 0 Å². The van der Waals surface area contributed by atoms with Gasteiger partial charge in [0.1, 0.15) is 0 Å². The Morgan fingerprint density at radius 2 is 2.15 bits per heavy atom. The minimum Gasteiger partial charge on any atom is -0.393 e. The van der Waals surface area contributed by atoms with Gasteiger partial charge in [-0.25, -0.2) is 0 Å². The van der Waals surface area contributed by atoms with Crippen LogP contribution in [-0.4, -0.2) is 20.7 Å². The van der Waals surface area contributed by atoms with Gasteiger partial charge >= 0.3 is 11.9 Å². The van der Waals surface area contributed by atoms with E-state index in [9.17, 15) is 9.59 Å². The van der Waals surface area contributed by atoms with Gasteiger partial charge in [0.2, 0.25) is 0 Å². The maximum atomic E-state index is 11.0. The predicted octanol–water partition coefficient (Wildman–Crippen LogP) is 1.61. The molecular formula is C9H15O3Si. The lowest BCUT2D eigenvalue weighted by atomic mass is 10.0. The third-order valence-corrected chi connectivity index (χ3v) is 3.54. The van der Waals surface area contributed by atoms with Crippen LogP contribution in [0.4, 0.5) is 0 Å². The number of rotatable bonds is 4. The Morgan fingerprint density at radius 3 is 2.62 bits per heavy atom. The summed E-state index contributed by atoms with van der Waals surface area (Å²) in [5, 5.41) is 0. The Bertz CT molecular complexity index is 213. The van der Waals surface area contributed by atoms with E-state index in [0.29, 0.717) is 6.42 Å². The van der Waals surface area contributed by atoms with E-state index in [-0.39, 0.29) is 26.7 Å². The van der Waals surface area contributed by atoms with Gasteiger partial charge in [0.15, 0.2) is 0 Å². The average Bonchev–Trinajstić information content (AvgIpc) is 2.29. The number of hydrogen-bond acceptors (Lipinski definition) is 3. The van der Waals surface area contributed by atoms with Crippen LogP contribution < -0.4 is 0 Å². The number of carbonyl (C=O) groups excluding carboxylic acids is 2. The second-order valence-corrected chi connectivity index (χ2v) is 6.71. The Balaban J connectivity index is 2.22. The van der Waals surface area contributed by atoms with Crippen molar-refractivity contribution in [3.8, 4) is 0 Å². The molecule has 0 spiro atoms. The molecular weight excluding hydrogens is 184 g/mol. The first-order valence-corrected chi connectivity index (χ1v) is 7.34. The van der Waals surface area contributed by atoms with Crippen molar-refractivity contribution < 1.29 is 14.3 Å². The lowest BCUT2D eigenvalue weighted by molar-refractivity contribution is -0.153. The molecule has 0 amide bonds. The highest BCUT2D eigenvalue weighted by Gasteiger charge is 2.32. The van der Waals surface area contributed by atoms with E-state index in [1.54, 1.807) is 0 Å². The zero-order valence-corrected chi connectivity index (χ0v) is 9.13. The van der Waals surface area contributed by atoms with Crippen LogP contribution >= 0.6 is 0 Å². The fourth-order valence-electron chi connectivity index (χ4n) is 1.44. The minimum absolute atomic E-state index is 0.145. The Hall–Kier alpha value is -0.643. The molecule has 0 aromatic rings. The number of carbonyl (C=O) groups is 2. The smallest absolute Gasteiger partial charge is 0.317 e. The molecule has 1 atom stereocenters. The van der Waals surface area contributed by atoms with E-state index < -0.39 is 0 Å². The van der Waals surface area contributed by atoms with Gasteiger partial charge in [0.25, 0.3) is 0 Å². The van der Waals surface area contributed by atoms with Gasteiger partial charge in [-0.05, 0) is 6.42 Å². The Labute approximate surface area is 80.1 Å². The van der Waals surface area contributed by atoms with Crippen LogP contribution in [0.5, 0.6) is 0 Å². The van der Waals surface area contributed by atoms with Crippen molar-refractivity contribution in [1.82, 2.24) is 0 Å². The largest absolute Gasteiger partial charge is 0.393 e. The van der Waals surface area contributed by atoms with Gasteiger partial charge in [-0.15, -0.1) is 0 Å². The first-order valence-electron chi connectivity index (χ1n) is 4.63. The van der Waals surface area contributed by atoms with Crippen LogP contribution in [0.15, 0.2) is 0 Å². The molecule has 0 aromatic carbocycles. The van der Waals surface area contributed by atoms with E-state index in [2.05, 4.69) is 17.8 Å². The molecule has 73 valence electrons. The molecule has 1 fully saturated rings. The molecule has 1 rings (SSSR count). The fourth-order valence-corrected chi connectivity index (χ4v) is 2.35. The number of hydrogen-bond donors (Lipinski definition) is 0. The second kappa shape index (κ2) is 4.55. The lowest BCUT2D eigenvalue weighted by Crippen LogP contribution is -2.08. The fraction of sp³-hybridized carbons (Fsp3) is 0.778. The summed E-state index contributed by atoms with van der Waals surface area (Å²) in [5.41, 5.74) is 0. The number of esters is 2. The Kier molecular flexibility index (Phi) is 3.66. The van der Waals surface area contributed by atoms with Crippen molar-refractivity contribution in [2.45, 2.75) is 38.4 Å². The molecule has 0 aromatic heterocycles. The van der Waals surface area contributed by atoms with Crippen LogP contribution in [-0.2, 0) is 14.3 Å².